The van der Waals surface area contributed by atoms with E-state index in [1.54, 1.807) is 19.2 Å². The van der Waals surface area contributed by atoms with Gasteiger partial charge in [0.2, 0.25) is 0 Å². The lowest BCUT2D eigenvalue weighted by Crippen LogP contribution is -1.95. The lowest BCUT2D eigenvalue weighted by Gasteiger charge is -2.08. The molecule has 0 aliphatic carbocycles. The largest absolute Gasteiger partial charge is 0.497 e. The number of ether oxygens (including phenoxy) is 2. The van der Waals surface area contributed by atoms with E-state index in [-0.39, 0.29) is 0 Å². The van der Waals surface area contributed by atoms with Gasteiger partial charge in [-0.1, -0.05) is 6.07 Å². The molecular weight excluding hydrogens is 240 g/mol. The standard InChI is InChI=1S/C13H11ClO3/c1-16-10-4-3-8-7-12(17-2)11(13(14)15)6-9(8)5-10/h3-7H,1-2H3. The summed E-state index contributed by atoms with van der Waals surface area (Å²) in [6.07, 6.45) is 0. The van der Waals surface area contributed by atoms with E-state index in [4.69, 9.17) is 21.1 Å². The Hall–Kier alpha value is -1.74. The molecule has 0 fully saturated rings. The molecule has 2 aromatic carbocycles. The Morgan fingerprint density at radius 1 is 1.06 bits per heavy atom. The summed E-state index contributed by atoms with van der Waals surface area (Å²) < 4.78 is 10.3. The normalized spacial score (nSPS) is 10.3. The van der Waals surface area contributed by atoms with Crippen LogP contribution in [0.1, 0.15) is 10.4 Å². The average molecular weight is 251 g/mol. The molecular formula is C13H11ClO3. The third-order valence-corrected chi connectivity index (χ3v) is 2.78. The molecule has 4 heteroatoms. The van der Waals surface area contributed by atoms with Gasteiger partial charge in [0.15, 0.2) is 0 Å². The second-order valence-electron chi connectivity index (χ2n) is 3.54. The van der Waals surface area contributed by atoms with Crippen molar-refractivity contribution in [3.63, 3.8) is 0 Å². The number of methoxy groups -OCH3 is 2. The maximum absolute atomic E-state index is 11.3. The summed E-state index contributed by atoms with van der Waals surface area (Å²) >= 11 is 5.51. The molecule has 0 amide bonds. The number of carbonyl (C=O) groups excluding carboxylic acids is 1. The summed E-state index contributed by atoms with van der Waals surface area (Å²) in [6.45, 7) is 0. The van der Waals surface area contributed by atoms with Crippen molar-refractivity contribution in [2.24, 2.45) is 0 Å². The van der Waals surface area contributed by atoms with E-state index in [0.717, 1.165) is 16.5 Å². The SMILES string of the molecule is COc1ccc2cc(OC)c(C(=O)Cl)cc2c1. The first-order valence-electron chi connectivity index (χ1n) is 5.01. The van der Waals surface area contributed by atoms with Crippen molar-refractivity contribution in [1.82, 2.24) is 0 Å². The fourth-order valence-corrected chi connectivity index (χ4v) is 1.85. The summed E-state index contributed by atoms with van der Waals surface area (Å²) in [4.78, 5) is 11.3. The third kappa shape index (κ3) is 2.19. The van der Waals surface area contributed by atoms with Crippen LogP contribution in [-0.4, -0.2) is 19.5 Å². The number of rotatable bonds is 3. The molecule has 88 valence electrons. The highest BCUT2D eigenvalue weighted by molar-refractivity contribution is 6.68. The first-order valence-corrected chi connectivity index (χ1v) is 5.39. The molecule has 2 rings (SSSR count). The zero-order valence-electron chi connectivity index (χ0n) is 9.49. The predicted octanol–water partition coefficient (Wildman–Crippen LogP) is 3.24. The summed E-state index contributed by atoms with van der Waals surface area (Å²) in [6, 6.07) is 9.08. The van der Waals surface area contributed by atoms with Gasteiger partial charge in [-0.05, 0) is 46.6 Å². The fraction of sp³-hybridized carbons (Fsp3) is 0.154. The Kier molecular flexibility index (Phi) is 3.20. The van der Waals surface area contributed by atoms with Gasteiger partial charge in [-0.2, -0.15) is 0 Å². The monoisotopic (exact) mass is 250 g/mol. The lowest BCUT2D eigenvalue weighted by molar-refractivity contribution is 0.107. The molecule has 17 heavy (non-hydrogen) atoms. The van der Waals surface area contributed by atoms with Gasteiger partial charge in [0.05, 0.1) is 19.8 Å². The molecule has 0 aliphatic heterocycles. The van der Waals surface area contributed by atoms with Crippen molar-refractivity contribution < 1.29 is 14.3 Å². The van der Waals surface area contributed by atoms with Gasteiger partial charge in [-0.3, -0.25) is 4.79 Å². The van der Waals surface area contributed by atoms with E-state index in [2.05, 4.69) is 0 Å². The van der Waals surface area contributed by atoms with Crippen molar-refractivity contribution >= 4 is 27.6 Å². The number of carbonyl (C=O) groups is 1. The molecule has 2 aromatic rings. The number of benzene rings is 2. The Morgan fingerprint density at radius 3 is 2.41 bits per heavy atom. The highest BCUT2D eigenvalue weighted by Crippen LogP contribution is 2.29. The zero-order valence-corrected chi connectivity index (χ0v) is 10.2. The van der Waals surface area contributed by atoms with Crippen LogP contribution in [0.15, 0.2) is 30.3 Å². The Morgan fingerprint density at radius 2 is 1.82 bits per heavy atom. The molecule has 0 saturated heterocycles. The third-order valence-electron chi connectivity index (χ3n) is 2.58. The van der Waals surface area contributed by atoms with Gasteiger partial charge in [0, 0.05) is 0 Å². The topological polar surface area (TPSA) is 35.5 Å². The summed E-state index contributed by atoms with van der Waals surface area (Å²) in [5.41, 5.74) is 0.356. The maximum atomic E-state index is 11.3. The molecule has 0 spiro atoms. The van der Waals surface area contributed by atoms with Gasteiger partial charge in [0.1, 0.15) is 11.5 Å². The first-order chi connectivity index (χ1) is 8.15. The smallest absolute Gasteiger partial charge is 0.256 e. The van der Waals surface area contributed by atoms with E-state index in [9.17, 15) is 4.79 Å². The molecule has 0 aromatic heterocycles. The lowest BCUT2D eigenvalue weighted by atomic mass is 10.1. The van der Waals surface area contributed by atoms with Crippen LogP contribution in [0.5, 0.6) is 11.5 Å². The Balaban J connectivity index is 2.69. The highest BCUT2D eigenvalue weighted by Gasteiger charge is 2.11. The number of halogens is 1. The Bertz CT molecular complexity index is 578. The maximum Gasteiger partial charge on any atom is 0.256 e. The molecule has 3 nitrogen and oxygen atoms in total. The highest BCUT2D eigenvalue weighted by atomic mass is 35.5. The van der Waals surface area contributed by atoms with Gasteiger partial charge in [-0.15, -0.1) is 0 Å². The van der Waals surface area contributed by atoms with Crippen LogP contribution in [0.3, 0.4) is 0 Å². The minimum Gasteiger partial charge on any atom is -0.497 e. The summed E-state index contributed by atoms with van der Waals surface area (Å²) in [5, 5.41) is 1.31. The summed E-state index contributed by atoms with van der Waals surface area (Å²) in [5.74, 6) is 1.21. The van der Waals surface area contributed by atoms with E-state index in [1.165, 1.54) is 7.11 Å². The number of hydrogen-bond acceptors (Lipinski definition) is 3. The minimum absolute atomic E-state index is 0.356. The molecule has 0 bridgehead atoms. The fourth-order valence-electron chi connectivity index (χ4n) is 1.70. The van der Waals surface area contributed by atoms with Crippen LogP contribution in [0.25, 0.3) is 10.8 Å². The molecule has 0 heterocycles. The second kappa shape index (κ2) is 4.63. The van der Waals surface area contributed by atoms with Crippen LogP contribution in [0, 0.1) is 0 Å². The molecule has 0 N–H and O–H groups in total. The molecule has 0 unspecified atom stereocenters. The van der Waals surface area contributed by atoms with Crippen LogP contribution >= 0.6 is 11.6 Å². The summed E-state index contributed by atoms with van der Waals surface area (Å²) in [7, 11) is 3.10. The van der Waals surface area contributed by atoms with Crippen LogP contribution < -0.4 is 9.47 Å². The zero-order chi connectivity index (χ0) is 12.4. The molecule has 0 saturated carbocycles. The van der Waals surface area contributed by atoms with Gasteiger partial charge < -0.3 is 9.47 Å². The van der Waals surface area contributed by atoms with Crippen LogP contribution in [0.2, 0.25) is 0 Å². The average Bonchev–Trinajstić information content (AvgIpc) is 2.36. The quantitative estimate of drug-likeness (QED) is 0.785. The molecule has 0 atom stereocenters. The predicted molar refractivity (Wildman–Crippen MR) is 67.2 cm³/mol. The van der Waals surface area contributed by atoms with E-state index in [1.807, 2.05) is 18.2 Å². The van der Waals surface area contributed by atoms with E-state index >= 15 is 0 Å². The number of fused-ring (bicyclic) bond motifs is 1. The van der Waals surface area contributed by atoms with Crippen molar-refractivity contribution in [2.75, 3.05) is 14.2 Å². The molecule has 0 radical (unpaired) electrons. The van der Waals surface area contributed by atoms with Gasteiger partial charge in [0.25, 0.3) is 5.24 Å². The van der Waals surface area contributed by atoms with Crippen LogP contribution in [0.4, 0.5) is 0 Å². The Labute approximate surface area is 104 Å². The number of hydrogen-bond donors (Lipinski definition) is 0. The van der Waals surface area contributed by atoms with E-state index in [0.29, 0.717) is 11.3 Å². The van der Waals surface area contributed by atoms with Crippen LogP contribution in [-0.2, 0) is 0 Å². The van der Waals surface area contributed by atoms with Crippen molar-refractivity contribution in [1.29, 1.82) is 0 Å². The van der Waals surface area contributed by atoms with Crippen molar-refractivity contribution in [3.8, 4) is 11.5 Å². The minimum atomic E-state index is -0.536. The second-order valence-corrected chi connectivity index (χ2v) is 3.88. The van der Waals surface area contributed by atoms with E-state index < -0.39 is 5.24 Å². The molecule has 0 aliphatic rings. The van der Waals surface area contributed by atoms with Gasteiger partial charge in [-0.25, -0.2) is 0 Å². The van der Waals surface area contributed by atoms with Crippen molar-refractivity contribution in [2.45, 2.75) is 0 Å². The van der Waals surface area contributed by atoms with Crippen molar-refractivity contribution in [3.05, 3.63) is 35.9 Å². The van der Waals surface area contributed by atoms with Gasteiger partial charge >= 0.3 is 0 Å². The first kappa shape index (κ1) is 11.7.